The Kier molecular flexibility index (Phi) is 5.34. The van der Waals surface area contributed by atoms with E-state index in [9.17, 15) is 9.00 Å². The summed E-state index contributed by atoms with van der Waals surface area (Å²) in [6, 6.07) is 7.26. The van der Waals surface area contributed by atoms with Gasteiger partial charge in [0.25, 0.3) is 0 Å². The fraction of sp³-hybridized carbons (Fsp3) is 0.417. The minimum Gasteiger partial charge on any atom is -0.493 e. The van der Waals surface area contributed by atoms with E-state index in [-0.39, 0.29) is 12.4 Å². The molecule has 0 aliphatic carbocycles. The lowest BCUT2D eigenvalue weighted by Gasteiger charge is -2.18. The van der Waals surface area contributed by atoms with Crippen LogP contribution in [-0.2, 0) is 15.6 Å². The van der Waals surface area contributed by atoms with Crippen molar-refractivity contribution < 1.29 is 18.8 Å². The molecule has 0 aliphatic rings. The third-order valence-corrected chi connectivity index (χ3v) is 4.81. The first-order valence-corrected chi connectivity index (χ1v) is 7.45. The second-order valence-electron chi connectivity index (χ2n) is 4.17. The van der Waals surface area contributed by atoms with Crippen LogP contribution < -0.4 is 4.74 Å². The van der Waals surface area contributed by atoms with Crippen LogP contribution in [0.15, 0.2) is 28.7 Å². The summed E-state index contributed by atoms with van der Waals surface area (Å²) in [7, 11) is -1.47. The average Bonchev–Trinajstić information content (AvgIpc) is 2.31. The maximum absolute atomic E-state index is 11.8. The van der Waals surface area contributed by atoms with Crippen LogP contribution in [0.2, 0.25) is 0 Å². The zero-order valence-corrected chi connectivity index (χ0v) is 12.6. The minimum atomic E-state index is -1.47. The van der Waals surface area contributed by atoms with Gasteiger partial charge in [-0.3, -0.25) is 9.00 Å². The van der Waals surface area contributed by atoms with Crippen molar-refractivity contribution >= 4 is 32.7 Å². The molecule has 6 heteroatoms. The fourth-order valence-electron chi connectivity index (χ4n) is 1.12. The number of carboxylic acid groups (broad SMARTS) is 1. The Morgan fingerprint density at radius 2 is 1.94 bits per heavy atom. The molecule has 1 unspecified atom stereocenters. The van der Waals surface area contributed by atoms with Gasteiger partial charge >= 0.3 is 5.97 Å². The quantitative estimate of drug-likeness (QED) is 0.867. The lowest BCUT2D eigenvalue weighted by Crippen LogP contribution is -2.38. The Hall–Kier alpha value is -0.880. The molecule has 0 radical (unpaired) electrons. The van der Waals surface area contributed by atoms with Gasteiger partial charge in [0.2, 0.25) is 0 Å². The highest BCUT2D eigenvalue weighted by atomic mass is 79.9. The number of rotatable bonds is 6. The molecule has 0 bridgehead atoms. The maximum atomic E-state index is 11.8. The Morgan fingerprint density at radius 1 is 1.39 bits per heavy atom. The summed E-state index contributed by atoms with van der Waals surface area (Å²) in [6.45, 7) is 3.13. The molecule has 100 valence electrons. The van der Waals surface area contributed by atoms with E-state index in [2.05, 4.69) is 15.9 Å². The van der Waals surface area contributed by atoms with Crippen LogP contribution >= 0.6 is 15.9 Å². The van der Waals surface area contributed by atoms with Gasteiger partial charge < -0.3 is 9.84 Å². The topological polar surface area (TPSA) is 63.6 Å². The van der Waals surface area contributed by atoms with E-state index in [0.29, 0.717) is 5.75 Å². The SMILES string of the molecule is CC(C)(C(=O)O)S(=O)CCOc1ccc(Br)cc1. The second kappa shape index (κ2) is 6.33. The monoisotopic (exact) mass is 334 g/mol. The largest absolute Gasteiger partial charge is 0.493 e. The molecule has 0 saturated heterocycles. The van der Waals surface area contributed by atoms with E-state index in [4.69, 9.17) is 9.84 Å². The van der Waals surface area contributed by atoms with Gasteiger partial charge in [-0.15, -0.1) is 0 Å². The highest BCUT2D eigenvalue weighted by Crippen LogP contribution is 2.17. The molecule has 0 saturated carbocycles. The Morgan fingerprint density at radius 3 is 2.44 bits per heavy atom. The number of aliphatic carboxylic acids is 1. The van der Waals surface area contributed by atoms with Gasteiger partial charge in [-0.1, -0.05) is 15.9 Å². The van der Waals surface area contributed by atoms with E-state index in [1.807, 2.05) is 12.1 Å². The molecule has 4 nitrogen and oxygen atoms in total. The van der Waals surface area contributed by atoms with E-state index in [1.165, 1.54) is 13.8 Å². The zero-order valence-electron chi connectivity index (χ0n) is 10.2. The molecule has 0 amide bonds. The van der Waals surface area contributed by atoms with Crippen molar-refractivity contribution in [2.24, 2.45) is 0 Å². The number of ether oxygens (including phenoxy) is 1. The Balaban J connectivity index is 2.45. The van der Waals surface area contributed by atoms with Crippen LogP contribution in [0.25, 0.3) is 0 Å². The van der Waals surface area contributed by atoms with Crippen molar-refractivity contribution in [3.63, 3.8) is 0 Å². The molecule has 1 rings (SSSR count). The number of carbonyl (C=O) groups is 1. The van der Waals surface area contributed by atoms with E-state index in [1.54, 1.807) is 12.1 Å². The van der Waals surface area contributed by atoms with Crippen LogP contribution in [0.3, 0.4) is 0 Å². The van der Waals surface area contributed by atoms with Crippen molar-refractivity contribution in [1.29, 1.82) is 0 Å². The number of benzene rings is 1. The van der Waals surface area contributed by atoms with Gasteiger partial charge in [0.05, 0.1) is 12.4 Å². The molecule has 1 aromatic rings. The highest BCUT2D eigenvalue weighted by molar-refractivity contribution is 9.10. The first kappa shape index (κ1) is 15.2. The number of halogens is 1. The predicted molar refractivity (Wildman–Crippen MR) is 74.4 cm³/mol. The van der Waals surface area contributed by atoms with Crippen LogP contribution in [0, 0.1) is 0 Å². The molecule has 0 spiro atoms. The van der Waals surface area contributed by atoms with Crippen molar-refractivity contribution in [2.45, 2.75) is 18.6 Å². The smallest absolute Gasteiger partial charge is 0.321 e. The normalized spacial score (nSPS) is 13.1. The second-order valence-corrected chi connectivity index (χ2v) is 7.20. The molecular weight excluding hydrogens is 320 g/mol. The summed E-state index contributed by atoms with van der Waals surface area (Å²) in [5.74, 6) is -0.206. The molecule has 0 aliphatic heterocycles. The Labute approximate surface area is 117 Å². The molecule has 0 aromatic heterocycles. The van der Waals surface area contributed by atoms with E-state index in [0.717, 1.165) is 4.47 Å². The van der Waals surface area contributed by atoms with Gasteiger partial charge in [0.1, 0.15) is 10.5 Å². The third-order valence-electron chi connectivity index (χ3n) is 2.44. The van der Waals surface area contributed by atoms with Crippen LogP contribution in [0.1, 0.15) is 13.8 Å². The van der Waals surface area contributed by atoms with Gasteiger partial charge in [-0.25, -0.2) is 0 Å². The summed E-state index contributed by atoms with van der Waals surface area (Å²) < 4.78 is 16.9. The van der Waals surface area contributed by atoms with Gasteiger partial charge in [0, 0.05) is 15.3 Å². The number of hydrogen-bond donors (Lipinski definition) is 1. The molecule has 0 heterocycles. The lowest BCUT2D eigenvalue weighted by atomic mass is 10.2. The summed E-state index contributed by atoms with van der Waals surface area (Å²) in [4.78, 5) is 10.9. The average molecular weight is 335 g/mol. The summed E-state index contributed by atoms with van der Waals surface area (Å²) in [5, 5.41) is 8.92. The standard InChI is InChI=1S/C12H15BrO4S/c1-12(2,11(14)15)18(16)8-7-17-10-5-3-9(13)4-6-10/h3-6H,7-8H2,1-2H3,(H,14,15). The molecule has 18 heavy (non-hydrogen) atoms. The first-order valence-electron chi connectivity index (χ1n) is 5.34. The summed E-state index contributed by atoms with van der Waals surface area (Å²) in [6.07, 6.45) is 0. The van der Waals surface area contributed by atoms with Crippen molar-refractivity contribution in [1.82, 2.24) is 0 Å². The van der Waals surface area contributed by atoms with Gasteiger partial charge in [0.15, 0.2) is 0 Å². The molecule has 0 fully saturated rings. The van der Waals surface area contributed by atoms with Crippen molar-refractivity contribution in [3.05, 3.63) is 28.7 Å². The van der Waals surface area contributed by atoms with Crippen LogP contribution in [0.4, 0.5) is 0 Å². The van der Waals surface area contributed by atoms with E-state index < -0.39 is 21.5 Å². The molecule has 1 atom stereocenters. The first-order chi connectivity index (χ1) is 8.34. The lowest BCUT2D eigenvalue weighted by molar-refractivity contribution is -0.139. The molecule has 1 aromatic carbocycles. The third kappa shape index (κ3) is 4.10. The number of carboxylic acids is 1. The highest BCUT2D eigenvalue weighted by Gasteiger charge is 2.34. The van der Waals surface area contributed by atoms with Crippen molar-refractivity contribution in [2.75, 3.05) is 12.4 Å². The summed E-state index contributed by atoms with van der Waals surface area (Å²) in [5.41, 5.74) is 0. The van der Waals surface area contributed by atoms with Gasteiger partial charge in [-0.2, -0.15) is 0 Å². The van der Waals surface area contributed by atoms with Gasteiger partial charge in [-0.05, 0) is 38.1 Å². The fourth-order valence-corrected chi connectivity index (χ4v) is 2.32. The predicted octanol–water partition coefficient (Wildman–Crippen LogP) is 2.44. The maximum Gasteiger partial charge on any atom is 0.321 e. The Bertz CT molecular complexity index is 442. The van der Waals surface area contributed by atoms with Crippen LogP contribution in [-0.4, -0.2) is 32.4 Å². The minimum absolute atomic E-state index is 0.190. The zero-order chi connectivity index (χ0) is 13.8. The summed E-state index contributed by atoms with van der Waals surface area (Å²) >= 11 is 3.31. The number of hydrogen-bond acceptors (Lipinski definition) is 3. The molecule has 1 N–H and O–H groups in total. The van der Waals surface area contributed by atoms with Crippen molar-refractivity contribution in [3.8, 4) is 5.75 Å². The molecular formula is C12H15BrO4S. The van der Waals surface area contributed by atoms with Crippen LogP contribution in [0.5, 0.6) is 5.75 Å². The van der Waals surface area contributed by atoms with E-state index >= 15 is 0 Å².